The topological polar surface area (TPSA) is 73.1 Å². The van der Waals surface area contributed by atoms with Gasteiger partial charge in [0.1, 0.15) is 6.54 Å². The number of amides is 1. The largest absolute Gasteiger partial charge is 0.350 e. The van der Waals surface area contributed by atoms with Gasteiger partial charge in [-0.15, -0.1) is 0 Å². The Morgan fingerprint density at radius 1 is 1.12 bits per heavy atom. The highest BCUT2D eigenvalue weighted by molar-refractivity contribution is 5.80. The highest BCUT2D eigenvalue weighted by Crippen LogP contribution is 2.12. The third-order valence-electron chi connectivity index (χ3n) is 4.18. The normalized spacial score (nSPS) is 11.7. The van der Waals surface area contributed by atoms with Crippen LogP contribution in [0.4, 0.5) is 0 Å². The average molecular weight is 359 g/mol. The molecule has 0 saturated carbocycles. The molecule has 0 spiro atoms. The first kappa shape index (κ1) is 19.9. The van der Waals surface area contributed by atoms with Gasteiger partial charge >= 0.3 is 5.69 Å². The summed E-state index contributed by atoms with van der Waals surface area (Å²) < 4.78 is 2.68. The predicted octanol–water partition coefficient (Wildman–Crippen LogP) is 2.58. The predicted molar refractivity (Wildman–Crippen MR) is 105 cm³/mol. The smallest absolute Gasteiger partial charge is 0.331 e. The molecule has 0 bridgehead atoms. The van der Waals surface area contributed by atoms with Crippen LogP contribution < -0.4 is 16.6 Å². The van der Waals surface area contributed by atoms with Crippen LogP contribution in [0.5, 0.6) is 0 Å². The molecule has 0 aliphatic carbocycles. The molecule has 0 atom stereocenters. The summed E-state index contributed by atoms with van der Waals surface area (Å²) in [6, 6.07) is 5.45. The minimum Gasteiger partial charge on any atom is -0.350 e. The highest BCUT2D eigenvalue weighted by Gasteiger charge is 2.18. The molecule has 6 heteroatoms. The van der Waals surface area contributed by atoms with Crippen LogP contribution >= 0.6 is 0 Å². The van der Waals surface area contributed by atoms with Gasteiger partial charge in [-0.1, -0.05) is 25.8 Å². The molecule has 1 aromatic carbocycles. The summed E-state index contributed by atoms with van der Waals surface area (Å²) in [6.45, 7) is 9.88. The van der Waals surface area contributed by atoms with Crippen molar-refractivity contribution in [2.45, 2.75) is 72.5 Å². The Morgan fingerprint density at radius 3 is 2.42 bits per heavy atom. The van der Waals surface area contributed by atoms with Crippen LogP contribution in [0.15, 0.2) is 27.8 Å². The SMILES string of the molecule is CCCCCn1c(=O)n(CC(=O)NC(C)(C)C)c(=O)c2ccc(C)cc21. The Kier molecular flexibility index (Phi) is 6.05. The summed E-state index contributed by atoms with van der Waals surface area (Å²) in [6.07, 6.45) is 2.90. The summed E-state index contributed by atoms with van der Waals surface area (Å²) in [7, 11) is 0. The molecule has 1 amide bonds. The lowest BCUT2D eigenvalue weighted by Crippen LogP contribution is -2.47. The van der Waals surface area contributed by atoms with Crippen molar-refractivity contribution in [2.75, 3.05) is 0 Å². The fraction of sp³-hybridized carbons (Fsp3) is 0.550. The standard InChI is InChI=1S/C20H29N3O3/c1-6-7-8-11-22-16-12-14(2)9-10-15(16)18(25)23(19(22)26)13-17(24)21-20(3,4)5/h9-10,12H,6-8,11,13H2,1-5H3,(H,21,24). The van der Waals surface area contributed by atoms with Crippen molar-refractivity contribution in [3.63, 3.8) is 0 Å². The monoisotopic (exact) mass is 359 g/mol. The first-order valence-electron chi connectivity index (χ1n) is 9.19. The molecule has 0 saturated heterocycles. The van der Waals surface area contributed by atoms with Gasteiger partial charge in [-0.05, 0) is 51.8 Å². The van der Waals surface area contributed by atoms with Crippen molar-refractivity contribution < 1.29 is 4.79 Å². The number of fused-ring (bicyclic) bond motifs is 1. The summed E-state index contributed by atoms with van der Waals surface area (Å²) in [5.41, 5.74) is 0.371. The van der Waals surface area contributed by atoms with Crippen molar-refractivity contribution >= 4 is 16.8 Å². The van der Waals surface area contributed by atoms with E-state index in [1.165, 1.54) is 0 Å². The fourth-order valence-corrected chi connectivity index (χ4v) is 3.00. The summed E-state index contributed by atoms with van der Waals surface area (Å²) in [5, 5.41) is 3.27. The first-order chi connectivity index (χ1) is 12.1. The van der Waals surface area contributed by atoms with Crippen molar-refractivity contribution in [1.82, 2.24) is 14.5 Å². The second-order valence-electron chi connectivity index (χ2n) is 7.85. The molecular weight excluding hydrogens is 330 g/mol. The Morgan fingerprint density at radius 2 is 1.81 bits per heavy atom. The molecule has 26 heavy (non-hydrogen) atoms. The third kappa shape index (κ3) is 4.62. The third-order valence-corrected chi connectivity index (χ3v) is 4.18. The van der Waals surface area contributed by atoms with E-state index in [0.29, 0.717) is 17.4 Å². The van der Waals surface area contributed by atoms with Crippen molar-refractivity contribution in [3.05, 3.63) is 44.6 Å². The van der Waals surface area contributed by atoms with E-state index in [-0.39, 0.29) is 12.5 Å². The van der Waals surface area contributed by atoms with Crippen molar-refractivity contribution in [3.8, 4) is 0 Å². The molecule has 0 aliphatic rings. The molecular formula is C20H29N3O3. The van der Waals surface area contributed by atoms with Crippen LogP contribution in [0.1, 0.15) is 52.5 Å². The average Bonchev–Trinajstić information content (AvgIpc) is 2.53. The highest BCUT2D eigenvalue weighted by atomic mass is 16.2. The van der Waals surface area contributed by atoms with Gasteiger partial charge in [-0.3, -0.25) is 18.7 Å². The number of unbranched alkanes of at least 4 members (excludes halogenated alkanes) is 2. The Balaban J connectivity index is 2.56. The number of carbonyl (C=O) groups excluding carboxylic acids is 1. The van der Waals surface area contributed by atoms with Gasteiger partial charge in [-0.2, -0.15) is 0 Å². The van der Waals surface area contributed by atoms with Gasteiger partial charge in [0.2, 0.25) is 5.91 Å². The molecule has 2 rings (SSSR count). The van der Waals surface area contributed by atoms with Crippen molar-refractivity contribution in [2.24, 2.45) is 0 Å². The van der Waals surface area contributed by atoms with Crippen LogP contribution in [0.3, 0.4) is 0 Å². The molecule has 0 fully saturated rings. The maximum atomic E-state index is 13.0. The molecule has 142 valence electrons. The van der Waals surface area contributed by atoms with Crippen LogP contribution in [-0.2, 0) is 17.9 Å². The van der Waals surface area contributed by atoms with Crippen LogP contribution in [0.25, 0.3) is 10.9 Å². The number of hydrogen-bond acceptors (Lipinski definition) is 3. The summed E-state index contributed by atoms with van der Waals surface area (Å²) >= 11 is 0. The van der Waals surface area contributed by atoms with Crippen LogP contribution in [-0.4, -0.2) is 20.6 Å². The lowest BCUT2D eigenvalue weighted by Gasteiger charge is -2.21. The van der Waals surface area contributed by atoms with Gasteiger partial charge in [0.15, 0.2) is 0 Å². The Hall–Kier alpha value is -2.37. The first-order valence-corrected chi connectivity index (χ1v) is 9.19. The lowest BCUT2D eigenvalue weighted by molar-refractivity contribution is -0.123. The number of nitrogens with zero attached hydrogens (tertiary/aromatic N) is 2. The van der Waals surface area contributed by atoms with E-state index in [4.69, 9.17) is 0 Å². The van der Waals surface area contributed by atoms with Gasteiger partial charge < -0.3 is 5.32 Å². The minimum absolute atomic E-state index is 0.271. The number of aromatic nitrogens is 2. The maximum Gasteiger partial charge on any atom is 0.331 e. The number of rotatable bonds is 6. The minimum atomic E-state index is -0.423. The second kappa shape index (κ2) is 7.89. The Bertz CT molecular complexity index is 917. The van der Waals surface area contributed by atoms with Gasteiger partial charge in [0, 0.05) is 12.1 Å². The Labute approximate surface area is 153 Å². The zero-order valence-corrected chi connectivity index (χ0v) is 16.4. The second-order valence-corrected chi connectivity index (χ2v) is 7.85. The van der Waals surface area contributed by atoms with E-state index in [0.717, 1.165) is 29.4 Å². The zero-order chi connectivity index (χ0) is 19.5. The molecule has 0 unspecified atom stereocenters. The van der Waals surface area contributed by atoms with E-state index in [1.807, 2.05) is 39.8 Å². The van der Waals surface area contributed by atoms with E-state index in [2.05, 4.69) is 12.2 Å². The van der Waals surface area contributed by atoms with Crippen LogP contribution in [0, 0.1) is 6.92 Å². The fourth-order valence-electron chi connectivity index (χ4n) is 3.00. The number of nitrogens with one attached hydrogen (secondary N) is 1. The molecule has 0 radical (unpaired) electrons. The zero-order valence-electron chi connectivity index (χ0n) is 16.4. The van der Waals surface area contributed by atoms with Gasteiger partial charge in [0.25, 0.3) is 5.56 Å². The maximum absolute atomic E-state index is 13.0. The molecule has 1 aromatic heterocycles. The van der Waals surface area contributed by atoms with E-state index < -0.39 is 16.8 Å². The number of carbonyl (C=O) groups is 1. The molecule has 2 aromatic rings. The molecule has 1 heterocycles. The van der Waals surface area contributed by atoms with E-state index >= 15 is 0 Å². The molecule has 0 aliphatic heterocycles. The number of benzene rings is 1. The van der Waals surface area contributed by atoms with E-state index in [9.17, 15) is 14.4 Å². The van der Waals surface area contributed by atoms with E-state index in [1.54, 1.807) is 10.6 Å². The van der Waals surface area contributed by atoms with Gasteiger partial charge in [0.05, 0.1) is 10.9 Å². The van der Waals surface area contributed by atoms with Crippen LogP contribution in [0.2, 0.25) is 0 Å². The van der Waals surface area contributed by atoms with Crippen molar-refractivity contribution in [1.29, 1.82) is 0 Å². The number of hydrogen-bond donors (Lipinski definition) is 1. The summed E-state index contributed by atoms with van der Waals surface area (Å²) in [5.74, 6) is -0.344. The molecule has 1 N–H and O–H groups in total. The molecule has 6 nitrogen and oxygen atoms in total. The quantitative estimate of drug-likeness (QED) is 0.806. The lowest BCUT2D eigenvalue weighted by atomic mass is 10.1. The summed E-state index contributed by atoms with van der Waals surface area (Å²) in [4.78, 5) is 38.0. The van der Waals surface area contributed by atoms with Gasteiger partial charge in [-0.25, -0.2) is 4.79 Å². The number of aryl methyl sites for hydroxylation is 2.